The SMILES string of the molecule is CC(C)COOC(=O)C(C)(C)OCCOC(C)(C)C(=O)OOCC(C)C. The normalized spacial score (nSPS) is 12.5. The molecule has 0 radical (unpaired) electrons. The Labute approximate surface area is 156 Å². The maximum atomic E-state index is 11.9. The van der Waals surface area contributed by atoms with Crippen LogP contribution in [0.3, 0.4) is 0 Å². The molecule has 0 spiro atoms. The Bertz CT molecular complexity index is 389. The van der Waals surface area contributed by atoms with Gasteiger partial charge in [-0.25, -0.2) is 9.59 Å². The molecule has 8 nitrogen and oxygen atoms in total. The van der Waals surface area contributed by atoms with Crippen molar-refractivity contribution in [3.05, 3.63) is 0 Å². The van der Waals surface area contributed by atoms with Crippen molar-refractivity contribution in [1.29, 1.82) is 0 Å². The summed E-state index contributed by atoms with van der Waals surface area (Å²) in [6.45, 7) is 14.8. The molecule has 0 aromatic rings. The molecule has 154 valence electrons. The highest BCUT2D eigenvalue weighted by Crippen LogP contribution is 2.15. The summed E-state index contributed by atoms with van der Waals surface area (Å²) >= 11 is 0. The Kier molecular flexibility index (Phi) is 10.9. The van der Waals surface area contributed by atoms with Gasteiger partial charge in [0.25, 0.3) is 0 Å². The van der Waals surface area contributed by atoms with E-state index in [0.29, 0.717) is 13.2 Å². The van der Waals surface area contributed by atoms with Gasteiger partial charge >= 0.3 is 11.9 Å². The van der Waals surface area contributed by atoms with E-state index in [2.05, 4.69) is 0 Å². The highest BCUT2D eigenvalue weighted by atomic mass is 17.2. The van der Waals surface area contributed by atoms with Crippen LogP contribution in [0.2, 0.25) is 0 Å². The van der Waals surface area contributed by atoms with Crippen LogP contribution in [0.1, 0.15) is 55.4 Å². The van der Waals surface area contributed by atoms with Gasteiger partial charge in [-0.3, -0.25) is 9.78 Å². The van der Waals surface area contributed by atoms with Crippen LogP contribution in [0.25, 0.3) is 0 Å². The first kappa shape index (κ1) is 24.8. The summed E-state index contributed by atoms with van der Waals surface area (Å²) in [7, 11) is 0. The smallest absolute Gasteiger partial charge is 0.361 e. The van der Waals surface area contributed by atoms with E-state index >= 15 is 0 Å². The highest BCUT2D eigenvalue weighted by molar-refractivity contribution is 5.78. The third-order valence-electron chi connectivity index (χ3n) is 3.06. The Morgan fingerprint density at radius 3 is 1.27 bits per heavy atom. The minimum Gasteiger partial charge on any atom is -0.361 e. The maximum absolute atomic E-state index is 11.9. The van der Waals surface area contributed by atoms with Crippen LogP contribution in [-0.4, -0.2) is 49.6 Å². The molecule has 0 saturated carbocycles. The average molecular weight is 378 g/mol. The van der Waals surface area contributed by atoms with Gasteiger partial charge in [0.2, 0.25) is 0 Å². The number of hydrogen-bond donors (Lipinski definition) is 0. The molecule has 0 fully saturated rings. The van der Waals surface area contributed by atoms with Gasteiger partial charge in [0.1, 0.15) is 0 Å². The molecule has 8 heteroatoms. The van der Waals surface area contributed by atoms with Crippen LogP contribution in [0, 0.1) is 11.8 Å². The van der Waals surface area contributed by atoms with Crippen molar-refractivity contribution in [2.45, 2.75) is 66.6 Å². The fourth-order valence-corrected chi connectivity index (χ4v) is 1.36. The first-order valence-electron chi connectivity index (χ1n) is 8.84. The largest absolute Gasteiger partial charge is 0.373 e. The van der Waals surface area contributed by atoms with Gasteiger partial charge in [-0.05, 0) is 39.5 Å². The summed E-state index contributed by atoms with van der Waals surface area (Å²) in [6.07, 6.45) is 0. The highest BCUT2D eigenvalue weighted by Gasteiger charge is 2.34. The molecule has 0 bridgehead atoms. The molecule has 0 aromatic carbocycles. The van der Waals surface area contributed by atoms with E-state index in [1.54, 1.807) is 27.7 Å². The molecule has 0 N–H and O–H groups in total. The number of carbonyl (C=O) groups excluding carboxylic acids is 2. The molecule has 0 aliphatic heterocycles. The second-order valence-electron chi connectivity index (χ2n) is 7.82. The lowest BCUT2D eigenvalue weighted by Gasteiger charge is -2.25. The molecule has 0 aliphatic carbocycles. The lowest BCUT2D eigenvalue weighted by Crippen LogP contribution is -2.40. The summed E-state index contributed by atoms with van der Waals surface area (Å²) in [5, 5.41) is 0. The van der Waals surface area contributed by atoms with Crippen LogP contribution >= 0.6 is 0 Å². The van der Waals surface area contributed by atoms with Crippen molar-refractivity contribution in [3.63, 3.8) is 0 Å². The minimum atomic E-state index is -1.20. The standard InChI is InChI=1S/C18H34O8/c1-13(2)11-23-25-15(19)17(5,6)21-9-10-22-18(7,8)16(20)26-24-12-14(3)4/h13-14H,9-12H2,1-8H3. The predicted molar refractivity (Wildman–Crippen MR) is 93.8 cm³/mol. The average Bonchev–Trinajstić information content (AvgIpc) is 2.50. The molecule has 0 atom stereocenters. The van der Waals surface area contributed by atoms with E-state index in [0.717, 1.165) is 0 Å². The summed E-state index contributed by atoms with van der Waals surface area (Å²) < 4.78 is 10.9. The van der Waals surface area contributed by atoms with E-state index in [4.69, 9.17) is 29.0 Å². The fraction of sp³-hybridized carbons (Fsp3) is 0.889. The third-order valence-corrected chi connectivity index (χ3v) is 3.06. The van der Waals surface area contributed by atoms with E-state index < -0.39 is 23.1 Å². The summed E-state index contributed by atoms with van der Waals surface area (Å²) in [5.74, 6) is -0.795. The van der Waals surface area contributed by atoms with Crippen molar-refractivity contribution >= 4 is 11.9 Å². The zero-order valence-corrected chi connectivity index (χ0v) is 17.2. The van der Waals surface area contributed by atoms with Crippen molar-refractivity contribution in [3.8, 4) is 0 Å². The Hall–Kier alpha value is -1.22. The van der Waals surface area contributed by atoms with Gasteiger partial charge in [-0.1, -0.05) is 27.7 Å². The Balaban J connectivity index is 4.16. The molecule has 0 unspecified atom stereocenters. The summed E-state index contributed by atoms with van der Waals surface area (Å²) in [4.78, 5) is 43.0. The van der Waals surface area contributed by atoms with Gasteiger partial charge in [0.15, 0.2) is 11.2 Å². The topological polar surface area (TPSA) is 89.5 Å². The predicted octanol–water partition coefficient (Wildman–Crippen LogP) is 2.84. The van der Waals surface area contributed by atoms with Gasteiger partial charge in [0.05, 0.1) is 26.4 Å². The lowest BCUT2D eigenvalue weighted by molar-refractivity contribution is -0.293. The molecule has 0 heterocycles. The first-order chi connectivity index (χ1) is 11.9. The fourth-order valence-electron chi connectivity index (χ4n) is 1.36. The van der Waals surface area contributed by atoms with Crippen molar-refractivity contribution < 1.29 is 38.6 Å². The Morgan fingerprint density at radius 1 is 0.692 bits per heavy atom. The van der Waals surface area contributed by atoms with Crippen LogP contribution in [0.4, 0.5) is 0 Å². The zero-order chi connectivity index (χ0) is 20.4. The molecular formula is C18H34O8. The molecule has 0 amide bonds. The molecular weight excluding hydrogens is 344 g/mol. The van der Waals surface area contributed by atoms with E-state index in [-0.39, 0.29) is 25.0 Å². The van der Waals surface area contributed by atoms with Gasteiger partial charge in [-0.15, -0.1) is 0 Å². The van der Waals surface area contributed by atoms with Gasteiger partial charge in [0, 0.05) is 0 Å². The zero-order valence-electron chi connectivity index (χ0n) is 17.2. The number of hydrogen-bond acceptors (Lipinski definition) is 8. The van der Waals surface area contributed by atoms with Crippen molar-refractivity contribution in [2.75, 3.05) is 26.4 Å². The van der Waals surface area contributed by atoms with E-state index in [1.165, 1.54) is 0 Å². The minimum absolute atomic E-state index is 0.0792. The van der Waals surface area contributed by atoms with E-state index in [1.807, 2.05) is 27.7 Å². The summed E-state index contributed by atoms with van der Waals surface area (Å²) in [5.41, 5.74) is -2.41. The Morgan fingerprint density at radius 2 is 1.00 bits per heavy atom. The summed E-state index contributed by atoms with van der Waals surface area (Å²) in [6, 6.07) is 0. The molecule has 0 aliphatic rings. The van der Waals surface area contributed by atoms with Crippen LogP contribution in [-0.2, 0) is 38.6 Å². The molecule has 26 heavy (non-hydrogen) atoms. The molecule has 0 saturated heterocycles. The first-order valence-corrected chi connectivity index (χ1v) is 8.84. The molecule has 0 rings (SSSR count). The van der Waals surface area contributed by atoms with Crippen molar-refractivity contribution in [2.24, 2.45) is 11.8 Å². The van der Waals surface area contributed by atoms with Crippen LogP contribution in [0.5, 0.6) is 0 Å². The van der Waals surface area contributed by atoms with Gasteiger partial charge in [-0.2, -0.15) is 9.78 Å². The molecule has 0 aromatic heterocycles. The number of carbonyl (C=O) groups is 2. The van der Waals surface area contributed by atoms with Gasteiger partial charge < -0.3 is 9.47 Å². The number of rotatable bonds is 13. The maximum Gasteiger partial charge on any atom is 0.373 e. The second-order valence-corrected chi connectivity index (χ2v) is 7.82. The second kappa shape index (κ2) is 11.5. The van der Waals surface area contributed by atoms with Crippen molar-refractivity contribution in [1.82, 2.24) is 0 Å². The third kappa shape index (κ3) is 10.7. The van der Waals surface area contributed by atoms with E-state index in [9.17, 15) is 9.59 Å². The van der Waals surface area contributed by atoms with Crippen LogP contribution < -0.4 is 0 Å². The quantitative estimate of drug-likeness (QED) is 0.275. The van der Waals surface area contributed by atoms with Crippen LogP contribution in [0.15, 0.2) is 0 Å². The lowest BCUT2D eigenvalue weighted by atomic mass is 10.1. The monoisotopic (exact) mass is 378 g/mol. The number of ether oxygens (including phenoxy) is 2.